The molecule has 0 aromatic carbocycles. The van der Waals surface area contributed by atoms with E-state index < -0.39 is 0 Å². The summed E-state index contributed by atoms with van der Waals surface area (Å²) < 4.78 is 7.25. The summed E-state index contributed by atoms with van der Waals surface area (Å²) in [6, 6.07) is 3.99. The van der Waals surface area contributed by atoms with Crippen molar-refractivity contribution in [1.82, 2.24) is 19.4 Å². The number of likely N-dealkylation sites (tertiary alicyclic amines) is 1. The van der Waals surface area contributed by atoms with E-state index >= 15 is 0 Å². The van der Waals surface area contributed by atoms with Crippen molar-refractivity contribution in [3.63, 3.8) is 0 Å². The van der Waals surface area contributed by atoms with E-state index in [1.807, 2.05) is 4.90 Å². The van der Waals surface area contributed by atoms with Gasteiger partial charge in [-0.25, -0.2) is 4.31 Å². The Morgan fingerprint density at radius 3 is 2.63 bits per heavy atom. The number of amides is 1. The first-order valence-corrected chi connectivity index (χ1v) is 7.40. The molecular formula is C12H16N4O2S. The normalized spacial score (nSPS) is 25.9. The molecule has 3 rings (SSSR count). The van der Waals surface area contributed by atoms with Gasteiger partial charge in [0.05, 0.1) is 7.11 Å². The lowest BCUT2D eigenvalue weighted by molar-refractivity contribution is -0.0226. The Balaban J connectivity index is 1.71. The van der Waals surface area contributed by atoms with Gasteiger partial charge in [-0.05, 0) is 18.7 Å². The zero-order valence-electron chi connectivity index (χ0n) is 10.9. The van der Waals surface area contributed by atoms with Crippen LogP contribution in [0.2, 0.25) is 0 Å². The number of piperidine rings is 1. The van der Waals surface area contributed by atoms with Crippen LogP contribution in [-0.4, -0.2) is 63.8 Å². The van der Waals surface area contributed by atoms with Crippen LogP contribution in [0.4, 0.5) is 0 Å². The van der Waals surface area contributed by atoms with Gasteiger partial charge in [-0.1, -0.05) is 11.9 Å². The van der Waals surface area contributed by atoms with Gasteiger partial charge < -0.3 is 9.64 Å². The van der Waals surface area contributed by atoms with Crippen LogP contribution in [0, 0.1) is 0 Å². The molecule has 7 heteroatoms. The summed E-state index contributed by atoms with van der Waals surface area (Å²) in [5.74, 6) is 0.408. The number of hydrogen-bond donors (Lipinski definition) is 0. The van der Waals surface area contributed by atoms with Crippen molar-refractivity contribution in [2.24, 2.45) is 0 Å². The van der Waals surface area contributed by atoms with Gasteiger partial charge in [-0.3, -0.25) is 4.79 Å². The Bertz CT molecular complexity index is 469. The van der Waals surface area contributed by atoms with Gasteiger partial charge in [-0.15, -0.1) is 10.2 Å². The lowest BCUT2D eigenvalue weighted by Crippen LogP contribution is -2.69. The highest BCUT2D eigenvalue weighted by Gasteiger charge is 2.47. The molecule has 102 valence electrons. The molecule has 0 spiro atoms. The molecule has 2 atom stereocenters. The van der Waals surface area contributed by atoms with Crippen LogP contribution in [0.25, 0.3) is 0 Å². The van der Waals surface area contributed by atoms with E-state index in [9.17, 15) is 4.79 Å². The van der Waals surface area contributed by atoms with E-state index in [2.05, 4.69) is 20.8 Å². The number of rotatable bonds is 3. The zero-order chi connectivity index (χ0) is 13.4. The van der Waals surface area contributed by atoms with Crippen molar-refractivity contribution in [3.05, 3.63) is 17.8 Å². The molecule has 6 nitrogen and oxygen atoms in total. The molecule has 2 fully saturated rings. The highest BCUT2D eigenvalue weighted by molar-refractivity contribution is 7.96. The molecule has 0 aliphatic carbocycles. The molecule has 0 N–H and O–H groups in total. The number of fused-ring (bicyclic) bond motifs is 2. The molecule has 2 bridgehead atoms. The average molecular weight is 280 g/mol. The molecule has 1 amide bonds. The van der Waals surface area contributed by atoms with Gasteiger partial charge in [-0.2, -0.15) is 0 Å². The Morgan fingerprint density at radius 1 is 1.37 bits per heavy atom. The first-order valence-electron chi connectivity index (χ1n) is 6.22. The summed E-state index contributed by atoms with van der Waals surface area (Å²) in [6.45, 7) is 1.87. The van der Waals surface area contributed by atoms with Crippen molar-refractivity contribution in [2.45, 2.75) is 18.5 Å². The summed E-state index contributed by atoms with van der Waals surface area (Å²) in [5, 5.41) is 7.78. The fraction of sp³-hybridized carbons (Fsp3) is 0.583. The molecule has 2 aliphatic rings. The molecule has 0 radical (unpaired) electrons. The molecule has 1 aromatic heterocycles. The number of carbonyl (C=O) groups excluding carboxylic acids is 1. The van der Waals surface area contributed by atoms with E-state index in [0.717, 1.165) is 19.5 Å². The van der Waals surface area contributed by atoms with Crippen LogP contribution < -0.4 is 4.74 Å². The second-order valence-corrected chi connectivity index (χ2v) is 5.63. The van der Waals surface area contributed by atoms with Crippen molar-refractivity contribution in [2.75, 3.05) is 26.5 Å². The van der Waals surface area contributed by atoms with Crippen molar-refractivity contribution < 1.29 is 9.53 Å². The molecule has 19 heavy (non-hydrogen) atoms. The number of aromatic nitrogens is 2. The fourth-order valence-electron chi connectivity index (χ4n) is 2.73. The van der Waals surface area contributed by atoms with Crippen LogP contribution >= 0.6 is 11.9 Å². The minimum absolute atomic E-state index is 0.0165. The van der Waals surface area contributed by atoms with Gasteiger partial charge in [0, 0.05) is 31.2 Å². The summed E-state index contributed by atoms with van der Waals surface area (Å²) in [4.78, 5) is 14.3. The third-order valence-electron chi connectivity index (χ3n) is 3.72. The van der Waals surface area contributed by atoms with Crippen molar-refractivity contribution in [3.8, 4) is 5.88 Å². The maximum absolute atomic E-state index is 12.4. The quantitative estimate of drug-likeness (QED) is 0.758. The van der Waals surface area contributed by atoms with Crippen LogP contribution in [0.5, 0.6) is 5.88 Å². The Labute approximate surface area is 116 Å². The molecule has 3 heterocycles. The minimum atomic E-state index is -0.0165. The maximum Gasteiger partial charge on any atom is 0.274 e. The molecule has 0 saturated carbocycles. The highest BCUT2D eigenvalue weighted by atomic mass is 32.2. The predicted octanol–water partition coefficient (Wildman–Crippen LogP) is 0.662. The SMILES string of the molecule is COc1ccc(C(=O)N2C3CC2CN(SC)C3)nn1. The third kappa shape index (κ3) is 2.17. The number of hydrogen-bond acceptors (Lipinski definition) is 6. The van der Waals surface area contributed by atoms with Gasteiger partial charge in [0.15, 0.2) is 5.69 Å². The van der Waals surface area contributed by atoms with Gasteiger partial charge in [0.25, 0.3) is 5.91 Å². The topological polar surface area (TPSA) is 58.6 Å². The van der Waals surface area contributed by atoms with Gasteiger partial charge in [0.2, 0.25) is 5.88 Å². The van der Waals surface area contributed by atoms with Crippen molar-refractivity contribution >= 4 is 17.9 Å². The predicted molar refractivity (Wildman–Crippen MR) is 72.0 cm³/mol. The van der Waals surface area contributed by atoms with Gasteiger partial charge >= 0.3 is 0 Å². The van der Waals surface area contributed by atoms with Crippen molar-refractivity contribution in [1.29, 1.82) is 0 Å². The van der Waals surface area contributed by atoms with E-state index in [1.54, 1.807) is 24.1 Å². The summed E-state index contributed by atoms with van der Waals surface area (Å²) in [7, 11) is 1.53. The molecule has 2 aliphatic heterocycles. The third-order valence-corrected chi connectivity index (χ3v) is 4.54. The monoisotopic (exact) mass is 280 g/mol. The highest BCUT2D eigenvalue weighted by Crippen LogP contribution is 2.35. The van der Waals surface area contributed by atoms with E-state index in [0.29, 0.717) is 23.7 Å². The minimum Gasteiger partial charge on any atom is -0.480 e. The fourth-order valence-corrected chi connectivity index (χ4v) is 3.37. The van der Waals surface area contributed by atoms with Gasteiger partial charge in [0.1, 0.15) is 0 Å². The first-order chi connectivity index (χ1) is 9.22. The second-order valence-electron chi connectivity index (χ2n) is 4.75. The molecule has 2 saturated heterocycles. The second kappa shape index (κ2) is 4.97. The lowest BCUT2D eigenvalue weighted by atomic mass is 9.88. The van der Waals surface area contributed by atoms with E-state index in [1.165, 1.54) is 7.11 Å². The Hall–Kier alpha value is -1.34. The molecule has 1 aromatic rings. The van der Waals surface area contributed by atoms with Crippen LogP contribution in [-0.2, 0) is 0 Å². The smallest absolute Gasteiger partial charge is 0.274 e. The number of ether oxygens (including phenoxy) is 1. The van der Waals surface area contributed by atoms with Crippen LogP contribution in [0.1, 0.15) is 16.9 Å². The van der Waals surface area contributed by atoms with E-state index in [4.69, 9.17) is 4.74 Å². The van der Waals surface area contributed by atoms with E-state index in [-0.39, 0.29) is 5.91 Å². The summed E-state index contributed by atoms with van der Waals surface area (Å²) in [6.07, 6.45) is 3.18. The lowest BCUT2D eigenvalue weighted by Gasteiger charge is -2.55. The Kier molecular flexibility index (Phi) is 3.32. The number of nitrogens with zero attached hydrogens (tertiary/aromatic N) is 4. The molecular weight excluding hydrogens is 264 g/mol. The summed E-state index contributed by atoms with van der Waals surface area (Å²) >= 11 is 1.75. The van der Waals surface area contributed by atoms with Crippen LogP contribution in [0.3, 0.4) is 0 Å². The largest absolute Gasteiger partial charge is 0.480 e. The zero-order valence-corrected chi connectivity index (χ0v) is 11.8. The Morgan fingerprint density at radius 2 is 2.11 bits per heavy atom. The first kappa shape index (κ1) is 12.7. The number of carbonyl (C=O) groups is 1. The number of methoxy groups -OCH3 is 1. The van der Waals surface area contributed by atoms with Crippen LogP contribution in [0.15, 0.2) is 12.1 Å². The molecule has 2 unspecified atom stereocenters. The standard InChI is InChI=1S/C12H16N4O2S/c1-18-11-4-3-10(13-14-11)12(17)16-8-5-9(16)7-15(6-8)19-2/h3-4,8-9H,5-7H2,1-2H3. The average Bonchev–Trinajstić information content (AvgIpc) is 2.47. The maximum atomic E-state index is 12.4. The number of piperazine rings is 1. The summed E-state index contributed by atoms with van der Waals surface area (Å²) in [5.41, 5.74) is 0.396.